The first-order valence-corrected chi connectivity index (χ1v) is 4.05. The monoisotopic (exact) mass is 171 g/mol. The van der Waals surface area contributed by atoms with Gasteiger partial charge in [0.15, 0.2) is 0 Å². The highest BCUT2D eigenvalue weighted by atomic mass is 16.5. The van der Waals surface area contributed by atoms with Crippen molar-refractivity contribution < 1.29 is 14.3 Å². The molecule has 12 heavy (non-hydrogen) atoms. The summed E-state index contributed by atoms with van der Waals surface area (Å²) in [6.45, 7) is 3.84. The van der Waals surface area contributed by atoms with Gasteiger partial charge in [-0.25, -0.2) is 0 Å². The van der Waals surface area contributed by atoms with E-state index in [0.29, 0.717) is 26.3 Å². The topological polar surface area (TPSA) is 46.6 Å². The van der Waals surface area contributed by atoms with Crippen LogP contribution in [0.5, 0.6) is 0 Å². The fourth-order valence-corrected chi connectivity index (χ4v) is 1.14. The maximum Gasteiger partial charge on any atom is 0.230 e. The lowest BCUT2D eigenvalue weighted by molar-refractivity contribution is -0.138. The molecule has 0 bridgehead atoms. The van der Waals surface area contributed by atoms with Crippen LogP contribution in [0, 0.1) is 0 Å². The first kappa shape index (κ1) is 9.19. The van der Waals surface area contributed by atoms with Crippen LogP contribution in [-0.4, -0.2) is 42.9 Å². The van der Waals surface area contributed by atoms with Crippen LogP contribution in [0.3, 0.4) is 0 Å². The highest BCUT2D eigenvalue weighted by Crippen LogP contribution is 1.99. The number of ketones is 1. The van der Waals surface area contributed by atoms with Gasteiger partial charge in [-0.1, -0.05) is 0 Å². The van der Waals surface area contributed by atoms with Gasteiger partial charge in [-0.05, 0) is 6.92 Å². The number of rotatable bonds is 2. The zero-order valence-electron chi connectivity index (χ0n) is 7.21. The lowest BCUT2D eigenvalue weighted by atomic mass is 10.2. The molecule has 1 aliphatic rings. The van der Waals surface area contributed by atoms with Crippen molar-refractivity contribution in [3.63, 3.8) is 0 Å². The van der Waals surface area contributed by atoms with Gasteiger partial charge in [-0.2, -0.15) is 0 Å². The molecule has 0 aromatic rings. The van der Waals surface area contributed by atoms with Gasteiger partial charge in [-0.15, -0.1) is 0 Å². The number of morpholine rings is 1. The smallest absolute Gasteiger partial charge is 0.230 e. The summed E-state index contributed by atoms with van der Waals surface area (Å²) in [7, 11) is 0. The molecule has 0 aromatic heterocycles. The predicted molar refractivity (Wildman–Crippen MR) is 42.7 cm³/mol. The fraction of sp³-hybridized carbons (Fsp3) is 0.750. The zero-order valence-corrected chi connectivity index (χ0v) is 7.21. The van der Waals surface area contributed by atoms with Gasteiger partial charge in [0.05, 0.1) is 19.6 Å². The summed E-state index contributed by atoms with van der Waals surface area (Å²) in [5.74, 6) is -0.155. The van der Waals surface area contributed by atoms with Gasteiger partial charge < -0.3 is 9.64 Å². The zero-order chi connectivity index (χ0) is 8.97. The van der Waals surface area contributed by atoms with Gasteiger partial charge in [0.25, 0.3) is 0 Å². The molecule has 0 N–H and O–H groups in total. The Kier molecular flexibility index (Phi) is 3.22. The Hall–Kier alpha value is -0.900. The van der Waals surface area contributed by atoms with E-state index in [4.69, 9.17) is 4.74 Å². The molecular weight excluding hydrogens is 158 g/mol. The third-order valence-corrected chi connectivity index (χ3v) is 1.76. The molecule has 0 aliphatic carbocycles. The van der Waals surface area contributed by atoms with E-state index in [0.717, 1.165) is 0 Å². The summed E-state index contributed by atoms with van der Waals surface area (Å²) in [4.78, 5) is 23.5. The number of carbonyl (C=O) groups excluding carboxylic acids is 2. The Morgan fingerprint density at radius 2 is 1.92 bits per heavy atom. The van der Waals surface area contributed by atoms with Crippen LogP contribution in [0.15, 0.2) is 0 Å². The minimum absolute atomic E-state index is 0.0278. The average molecular weight is 171 g/mol. The first-order valence-electron chi connectivity index (χ1n) is 4.05. The van der Waals surface area contributed by atoms with Gasteiger partial charge >= 0.3 is 0 Å². The number of Topliss-reactive ketones (excluding diaryl/α,β-unsaturated/α-hetero) is 1. The second kappa shape index (κ2) is 4.21. The van der Waals surface area contributed by atoms with Gasteiger partial charge in [0.1, 0.15) is 5.78 Å². The van der Waals surface area contributed by atoms with Crippen LogP contribution in [0.2, 0.25) is 0 Å². The lowest BCUT2D eigenvalue weighted by Gasteiger charge is -2.26. The van der Waals surface area contributed by atoms with Crippen molar-refractivity contribution in [2.24, 2.45) is 0 Å². The number of amides is 1. The number of hydrogen-bond acceptors (Lipinski definition) is 3. The van der Waals surface area contributed by atoms with E-state index in [2.05, 4.69) is 0 Å². The molecule has 0 unspecified atom stereocenters. The number of nitrogens with zero attached hydrogens (tertiary/aromatic N) is 1. The molecular formula is C8H13NO3. The van der Waals surface area contributed by atoms with E-state index in [1.165, 1.54) is 6.92 Å². The molecule has 4 nitrogen and oxygen atoms in total. The molecule has 4 heteroatoms. The van der Waals surface area contributed by atoms with Crippen LogP contribution in [0.4, 0.5) is 0 Å². The minimum Gasteiger partial charge on any atom is -0.378 e. The maximum atomic E-state index is 11.3. The molecule has 1 amide bonds. The third-order valence-electron chi connectivity index (χ3n) is 1.76. The van der Waals surface area contributed by atoms with E-state index >= 15 is 0 Å². The van der Waals surface area contributed by atoms with Crippen molar-refractivity contribution >= 4 is 11.7 Å². The molecule has 1 fully saturated rings. The van der Waals surface area contributed by atoms with Crippen molar-refractivity contribution in [3.05, 3.63) is 0 Å². The second-order valence-corrected chi connectivity index (χ2v) is 2.87. The molecule has 0 atom stereocenters. The normalized spacial score (nSPS) is 17.6. The van der Waals surface area contributed by atoms with Crippen LogP contribution in [0.1, 0.15) is 13.3 Å². The number of carbonyl (C=O) groups is 2. The number of hydrogen-bond donors (Lipinski definition) is 0. The van der Waals surface area contributed by atoms with Crippen LogP contribution in [-0.2, 0) is 14.3 Å². The first-order chi connectivity index (χ1) is 5.70. The van der Waals surface area contributed by atoms with Crippen LogP contribution in [0.25, 0.3) is 0 Å². The second-order valence-electron chi connectivity index (χ2n) is 2.87. The van der Waals surface area contributed by atoms with Gasteiger partial charge in [-0.3, -0.25) is 9.59 Å². The van der Waals surface area contributed by atoms with E-state index in [-0.39, 0.29) is 18.1 Å². The molecule has 0 radical (unpaired) electrons. The molecule has 68 valence electrons. The quantitative estimate of drug-likeness (QED) is 0.542. The SMILES string of the molecule is CC(=O)CC(=O)N1CCOCC1. The van der Waals surface area contributed by atoms with E-state index in [1.54, 1.807) is 4.90 Å². The van der Waals surface area contributed by atoms with E-state index < -0.39 is 0 Å². The molecule has 1 saturated heterocycles. The summed E-state index contributed by atoms with van der Waals surface area (Å²) in [6.07, 6.45) is 0.0278. The summed E-state index contributed by atoms with van der Waals surface area (Å²) < 4.78 is 5.08. The Morgan fingerprint density at radius 3 is 2.42 bits per heavy atom. The Morgan fingerprint density at radius 1 is 1.33 bits per heavy atom. The van der Waals surface area contributed by atoms with Crippen molar-refractivity contribution in [3.8, 4) is 0 Å². The fourth-order valence-electron chi connectivity index (χ4n) is 1.14. The lowest BCUT2D eigenvalue weighted by Crippen LogP contribution is -2.41. The highest BCUT2D eigenvalue weighted by Gasteiger charge is 2.17. The Balaban J connectivity index is 2.34. The summed E-state index contributed by atoms with van der Waals surface area (Å²) >= 11 is 0. The highest BCUT2D eigenvalue weighted by molar-refractivity contribution is 5.96. The predicted octanol–water partition coefficient (Wildman–Crippen LogP) is -0.176. The van der Waals surface area contributed by atoms with Crippen LogP contribution >= 0.6 is 0 Å². The summed E-state index contributed by atoms with van der Waals surface area (Å²) in [5, 5.41) is 0. The molecule has 1 rings (SSSR count). The Labute approximate surface area is 71.5 Å². The Bertz CT molecular complexity index is 185. The third kappa shape index (κ3) is 2.62. The van der Waals surface area contributed by atoms with Crippen molar-refractivity contribution in [1.82, 2.24) is 4.90 Å². The van der Waals surface area contributed by atoms with Crippen molar-refractivity contribution in [2.75, 3.05) is 26.3 Å². The molecule has 1 heterocycles. The van der Waals surface area contributed by atoms with E-state index in [1.807, 2.05) is 0 Å². The largest absolute Gasteiger partial charge is 0.378 e. The molecule has 0 spiro atoms. The average Bonchev–Trinajstić information content (AvgIpc) is 2.05. The van der Waals surface area contributed by atoms with Crippen molar-refractivity contribution in [1.29, 1.82) is 0 Å². The number of ether oxygens (including phenoxy) is 1. The minimum atomic E-state index is -0.0780. The maximum absolute atomic E-state index is 11.3. The molecule has 0 saturated carbocycles. The summed E-state index contributed by atoms with van der Waals surface area (Å²) in [5.41, 5.74) is 0. The molecule has 1 aliphatic heterocycles. The van der Waals surface area contributed by atoms with E-state index in [9.17, 15) is 9.59 Å². The van der Waals surface area contributed by atoms with Crippen LogP contribution < -0.4 is 0 Å². The summed E-state index contributed by atoms with van der Waals surface area (Å²) in [6, 6.07) is 0. The van der Waals surface area contributed by atoms with Gasteiger partial charge in [0, 0.05) is 13.1 Å². The molecule has 0 aromatic carbocycles. The van der Waals surface area contributed by atoms with Crippen molar-refractivity contribution in [2.45, 2.75) is 13.3 Å². The standard InChI is InChI=1S/C8H13NO3/c1-7(10)6-8(11)9-2-4-12-5-3-9/h2-6H2,1H3. The van der Waals surface area contributed by atoms with Gasteiger partial charge in [0.2, 0.25) is 5.91 Å².